The fraction of sp³-hybridized carbons (Fsp3) is 1.00. The zero-order valence-electron chi connectivity index (χ0n) is 7.25. The average Bonchev–Trinajstić information content (AvgIpc) is 2.33. The van der Waals surface area contributed by atoms with Gasteiger partial charge in [0.15, 0.2) is 0 Å². The highest BCUT2D eigenvalue weighted by molar-refractivity contribution is 5.85. The van der Waals surface area contributed by atoms with E-state index in [4.69, 9.17) is 10.5 Å². The van der Waals surface area contributed by atoms with Crippen molar-refractivity contribution in [2.75, 3.05) is 13.2 Å². The van der Waals surface area contributed by atoms with Gasteiger partial charge in [-0.3, -0.25) is 0 Å². The molecule has 1 aliphatic rings. The van der Waals surface area contributed by atoms with Gasteiger partial charge in [-0.05, 0) is 24.8 Å². The van der Waals surface area contributed by atoms with Crippen molar-refractivity contribution in [3.63, 3.8) is 0 Å². The molecule has 1 rings (SSSR count). The van der Waals surface area contributed by atoms with Crippen LogP contribution >= 0.6 is 12.4 Å². The molecule has 0 bridgehead atoms. The third-order valence-corrected chi connectivity index (χ3v) is 2.22. The molecule has 2 atom stereocenters. The van der Waals surface area contributed by atoms with E-state index in [0.717, 1.165) is 19.6 Å². The molecular weight excluding hydrogens is 162 g/mol. The van der Waals surface area contributed by atoms with Crippen LogP contribution in [-0.2, 0) is 4.74 Å². The molecule has 2 N–H and O–H groups in total. The summed E-state index contributed by atoms with van der Waals surface area (Å²) in [4.78, 5) is 0. The van der Waals surface area contributed by atoms with Crippen LogP contribution in [0.5, 0.6) is 0 Å². The Balaban J connectivity index is 0.000001000. The van der Waals surface area contributed by atoms with Gasteiger partial charge < -0.3 is 10.5 Å². The molecule has 11 heavy (non-hydrogen) atoms. The second-order valence-corrected chi connectivity index (χ2v) is 3.36. The summed E-state index contributed by atoms with van der Waals surface area (Å²) in [5.74, 6) is 1.23. The quantitative estimate of drug-likeness (QED) is 0.696. The highest BCUT2D eigenvalue weighted by Gasteiger charge is 2.28. The van der Waals surface area contributed by atoms with E-state index < -0.39 is 0 Å². The van der Waals surface area contributed by atoms with E-state index in [1.54, 1.807) is 0 Å². The number of halogens is 1. The van der Waals surface area contributed by atoms with Crippen molar-refractivity contribution in [1.82, 2.24) is 0 Å². The van der Waals surface area contributed by atoms with Gasteiger partial charge in [0.05, 0.1) is 6.10 Å². The van der Waals surface area contributed by atoms with Crippen LogP contribution in [0.2, 0.25) is 0 Å². The first-order valence-corrected chi connectivity index (χ1v) is 4.07. The fourth-order valence-electron chi connectivity index (χ4n) is 1.64. The van der Waals surface area contributed by atoms with Crippen LogP contribution in [0.1, 0.15) is 20.3 Å². The molecule has 0 spiro atoms. The first kappa shape index (κ1) is 11.2. The molecule has 0 aromatic heterocycles. The summed E-state index contributed by atoms with van der Waals surface area (Å²) in [6.45, 7) is 6.07. The highest BCUT2D eigenvalue weighted by Crippen LogP contribution is 2.25. The molecule has 0 aromatic carbocycles. The summed E-state index contributed by atoms with van der Waals surface area (Å²) in [5.41, 5.74) is 5.58. The zero-order chi connectivity index (χ0) is 7.56. The summed E-state index contributed by atoms with van der Waals surface area (Å²) >= 11 is 0. The van der Waals surface area contributed by atoms with Crippen LogP contribution in [0.3, 0.4) is 0 Å². The maximum Gasteiger partial charge on any atom is 0.0639 e. The van der Waals surface area contributed by atoms with Crippen molar-refractivity contribution < 1.29 is 4.74 Å². The van der Waals surface area contributed by atoms with E-state index >= 15 is 0 Å². The van der Waals surface area contributed by atoms with E-state index in [1.807, 2.05) is 0 Å². The van der Waals surface area contributed by atoms with Gasteiger partial charge in [0.25, 0.3) is 0 Å². The van der Waals surface area contributed by atoms with Crippen molar-refractivity contribution in [3.8, 4) is 0 Å². The maximum absolute atomic E-state index is 5.58. The van der Waals surface area contributed by atoms with Gasteiger partial charge in [-0.25, -0.2) is 0 Å². The molecule has 2 nitrogen and oxygen atoms in total. The first-order chi connectivity index (χ1) is 4.75. The maximum atomic E-state index is 5.58. The van der Waals surface area contributed by atoms with Crippen molar-refractivity contribution in [2.24, 2.45) is 17.6 Å². The van der Waals surface area contributed by atoms with Crippen LogP contribution in [0.25, 0.3) is 0 Å². The zero-order valence-corrected chi connectivity index (χ0v) is 8.06. The standard InChI is InChI=1S/C8H17NO.ClH/c1-6(2)8-7(5-9)3-4-10-8;/h6-8H,3-5,9H2,1-2H3;1H. The van der Waals surface area contributed by atoms with E-state index in [9.17, 15) is 0 Å². The molecule has 0 amide bonds. The minimum absolute atomic E-state index is 0. The van der Waals surface area contributed by atoms with Gasteiger partial charge in [0.1, 0.15) is 0 Å². The average molecular weight is 180 g/mol. The molecule has 0 saturated carbocycles. The van der Waals surface area contributed by atoms with Crippen LogP contribution in [0.15, 0.2) is 0 Å². The highest BCUT2D eigenvalue weighted by atomic mass is 35.5. The lowest BCUT2D eigenvalue weighted by atomic mass is 9.93. The topological polar surface area (TPSA) is 35.2 Å². The second-order valence-electron chi connectivity index (χ2n) is 3.36. The van der Waals surface area contributed by atoms with E-state index in [1.165, 1.54) is 0 Å². The minimum atomic E-state index is 0. The monoisotopic (exact) mass is 179 g/mol. The third-order valence-electron chi connectivity index (χ3n) is 2.22. The van der Waals surface area contributed by atoms with Gasteiger partial charge in [0.2, 0.25) is 0 Å². The smallest absolute Gasteiger partial charge is 0.0639 e. The number of rotatable bonds is 2. The molecule has 1 heterocycles. The number of hydrogen-bond donors (Lipinski definition) is 1. The van der Waals surface area contributed by atoms with Gasteiger partial charge in [0, 0.05) is 6.61 Å². The lowest BCUT2D eigenvalue weighted by Crippen LogP contribution is -2.28. The SMILES string of the molecule is CC(C)C1OCCC1CN.Cl. The van der Waals surface area contributed by atoms with Gasteiger partial charge in [-0.15, -0.1) is 12.4 Å². The van der Waals surface area contributed by atoms with Gasteiger partial charge in [-0.2, -0.15) is 0 Å². The lowest BCUT2D eigenvalue weighted by Gasteiger charge is -2.19. The van der Waals surface area contributed by atoms with Crippen LogP contribution < -0.4 is 5.73 Å². The summed E-state index contributed by atoms with van der Waals surface area (Å²) in [5, 5.41) is 0. The van der Waals surface area contributed by atoms with E-state index in [2.05, 4.69) is 13.8 Å². The Hall–Kier alpha value is 0.210. The number of ether oxygens (including phenoxy) is 1. The Labute approximate surface area is 74.9 Å². The summed E-state index contributed by atoms with van der Waals surface area (Å²) in [6.07, 6.45) is 1.57. The number of nitrogens with two attached hydrogens (primary N) is 1. The minimum Gasteiger partial charge on any atom is -0.378 e. The molecule has 3 heteroatoms. The summed E-state index contributed by atoms with van der Waals surface area (Å²) in [6, 6.07) is 0. The molecule has 1 fully saturated rings. The molecule has 0 aromatic rings. The summed E-state index contributed by atoms with van der Waals surface area (Å²) in [7, 11) is 0. The van der Waals surface area contributed by atoms with Gasteiger partial charge in [-0.1, -0.05) is 13.8 Å². The lowest BCUT2D eigenvalue weighted by molar-refractivity contribution is 0.0558. The van der Waals surface area contributed by atoms with E-state index in [0.29, 0.717) is 17.9 Å². The van der Waals surface area contributed by atoms with Crippen LogP contribution in [-0.4, -0.2) is 19.3 Å². The number of hydrogen-bond acceptors (Lipinski definition) is 2. The molecule has 1 saturated heterocycles. The third kappa shape index (κ3) is 2.62. The predicted octanol–water partition coefficient (Wildman–Crippen LogP) is 1.43. The Bertz CT molecular complexity index is 108. The molecule has 1 aliphatic heterocycles. The van der Waals surface area contributed by atoms with Crippen LogP contribution in [0.4, 0.5) is 0 Å². The normalized spacial score (nSPS) is 30.5. The molecule has 68 valence electrons. The largest absolute Gasteiger partial charge is 0.378 e. The molecular formula is C8H18ClNO. The Morgan fingerprint density at radius 2 is 2.18 bits per heavy atom. The van der Waals surface area contributed by atoms with Crippen molar-refractivity contribution in [2.45, 2.75) is 26.4 Å². The van der Waals surface area contributed by atoms with Crippen molar-refractivity contribution in [3.05, 3.63) is 0 Å². The van der Waals surface area contributed by atoms with Gasteiger partial charge >= 0.3 is 0 Å². The molecule has 0 radical (unpaired) electrons. The Morgan fingerprint density at radius 1 is 1.55 bits per heavy atom. The predicted molar refractivity (Wildman–Crippen MR) is 49.0 cm³/mol. The van der Waals surface area contributed by atoms with Crippen molar-refractivity contribution >= 4 is 12.4 Å². The van der Waals surface area contributed by atoms with E-state index in [-0.39, 0.29) is 12.4 Å². The molecule has 2 unspecified atom stereocenters. The van der Waals surface area contributed by atoms with Crippen LogP contribution in [0, 0.1) is 11.8 Å². The van der Waals surface area contributed by atoms with Crippen molar-refractivity contribution in [1.29, 1.82) is 0 Å². The second kappa shape index (κ2) is 4.96. The Morgan fingerprint density at radius 3 is 2.55 bits per heavy atom. The molecule has 0 aliphatic carbocycles. The Kier molecular flexibility index (Phi) is 5.06. The first-order valence-electron chi connectivity index (χ1n) is 4.07. The fourth-order valence-corrected chi connectivity index (χ4v) is 1.64. The summed E-state index contributed by atoms with van der Waals surface area (Å²) < 4.78 is 5.54.